The molecule has 128 valence electrons. The summed E-state index contributed by atoms with van der Waals surface area (Å²) >= 11 is 0. The van der Waals surface area contributed by atoms with E-state index in [0.29, 0.717) is 5.57 Å². The Morgan fingerprint density at radius 1 is 1.25 bits per heavy atom. The van der Waals surface area contributed by atoms with Crippen molar-refractivity contribution in [3.05, 3.63) is 35.4 Å². The van der Waals surface area contributed by atoms with Gasteiger partial charge in [-0.2, -0.15) is 0 Å². The monoisotopic (exact) mass is 330 g/mol. The Morgan fingerprint density at radius 2 is 1.96 bits per heavy atom. The van der Waals surface area contributed by atoms with Gasteiger partial charge in [0.1, 0.15) is 12.4 Å². The number of rotatable bonds is 3. The van der Waals surface area contributed by atoms with Crippen LogP contribution in [0.15, 0.2) is 29.8 Å². The molecular weight excluding hydrogens is 306 g/mol. The van der Waals surface area contributed by atoms with Crippen LogP contribution in [0.2, 0.25) is 0 Å². The second-order valence-corrected chi connectivity index (χ2v) is 6.50. The highest BCUT2D eigenvalue weighted by molar-refractivity contribution is 6.00. The predicted molar refractivity (Wildman–Crippen MR) is 90.8 cm³/mol. The first-order chi connectivity index (χ1) is 11.5. The van der Waals surface area contributed by atoms with E-state index in [1.807, 2.05) is 35.2 Å². The Kier molecular flexibility index (Phi) is 4.85. The number of quaternary nitrogens is 1. The molecule has 2 aliphatic rings. The van der Waals surface area contributed by atoms with E-state index >= 15 is 0 Å². The van der Waals surface area contributed by atoms with Crippen LogP contribution < -0.4 is 9.64 Å². The Balaban J connectivity index is 1.61. The predicted octanol–water partition coefficient (Wildman–Crippen LogP) is -0.722. The summed E-state index contributed by atoms with van der Waals surface area (Å²) in [5.41, 5.74) is 1.47. The summed E-state index contributed by atoms with van der Waals surface area (Å²) in [6, 6.07) is 7.62. The number of benzene rings is 1. The van der Waals surface area contributed by atoms with E-state index in [2.05, 4.69) is 7.05 Å². The smallest absolute Gasteiger partial charge is 0.253 e. The minimum absolute atomic E-state index is 0.0103. The van der Waals surface area contributed by atoms with Crippen molar-refractivity contribution in [3.63, 3.8) is 0 Å². The molecule has 3 rings (SSSR count). The molecule has 2 aliphatic heterocycles. The fourth-order valence-electron chi connectivity index (χ4n) is 3.00. The van der Waals surface area contributed by atoms with Crippen LogP contribution in [0.3, 0.4) is 0 Å². The lowest BCUT2D eigenvalue weighted by Gasteiger charge is -2.31. The third kappa shape index (κ3) is 3.59. The Hall–Kier alpha value is -2.34. The quantitative estimate of drug-likeness (QED) is 0.796. The van der Waals surface area contributed by atoms with Crippen molar-refractivity contribution in [2.75, 3.05) is 53.4 Å². The van der Waals surface area contributed by atoms with Crippen LogP contribution in [-0.4, -0.2) is 75.0 Å². The molecule has 1 aromatic carbocycles. The van der Waals surface area contributed by atoms with Crippen LogP contribution in [0.5, 0.6) is 5.75 Å². The SMILES string of the molecule is CN(CC(=O)N1CC[NH+](C)CC1)C(=O)C1=Cc2ccccc2OC1. The molecule has 6 nitrogen and oxygen atoms in total. The Labute approximate surface area is 142 Å². The fraction of sp³-hybridized carbons (Fsp3) is 0.444. The van der Waals surface area contributed by atoms with Gasteiger partial charge in [-0.3, -0.25) is 9.59 Å². The molecule has 0 aromatic heterocycles. The Morgan fingerprint density at radius 3 is 2.71 bits per heavy atom. The molecule has 1 N–H and O–H groups in total. The fourth-order valence-corrected chi connectivity index (χ4v) is 3.00. The van der Waals surface area contributed by atoms with Crippen molar-refractivity contribution in [3.8, 4) is 5.75 Å². The van der Waals surface area contributed by atoms with Crippen molar-refractivity contribution < 1.29 is 19.2 Å². The third-order valence-electron chi connectivity index (χ3n) is 4.60. The van der Waals surface area contributed by atoms with Gasteiger partial charge in [-0.25, -0.2) is 0 Å². The number of nitrogens with zero attached hydrogens (tertiary/aromatic N) is 2. The standard InChI is InChI=1S/C18H23N3O3/c1-19-7-9-21(10-8-19)17(22)12-20(2)18(23)15-11-14-5-3-4-6-16(14)24-13-15/h3-6,11H,7-10,12-13H2,1-2H3/p+1. The van der Waals surface area contributed by atoms with Crippen LogP contribution in [0, 0.1) is 0 Å². The summed E-state index contributed by atoms with van der Waals surface area (Å²) in [6.07, 6.45) is 1.85. The van der Waals surface area contributed by atoms with Crippen molar-refractivity contribution >= 4 is 17.9 Å². The Bertz CT molecular complexity index is 663. The van der Waals surface area contributed by atoms with E-state index in [0.717, 1.165) is 37.5 Å². The molecule has 0 bridgehead atoms. The van der Waals surface area contributed by atoms with Crippen molar-refractivity contribution in [2.45, 2.75) is 0 Å². The van der Waals surface area contributed by atoms with Gasteiger partial charge in [-0.05, 0) is 12.1 Å². The average Bonchev–Trinajstić information content (AvgIpc) is 2.61. The van der Waals surface area contributed by atoms with Gasteiger partial charge in [-0.15, -0.1) is 0 Å². The molecule has 1 aromatic rings. The topological polar surface area (TPSA) is 54.3 Å². The summed E-state index contributed by atoms with van der Waals surface area (Å²) in [7, 11) is 3.80. The van der Waals surface area contributed by atoms with E-state index in [-0.39, 0.29) is 25.0 Å². The van der Waals surface area contributed by atoms with Crippen molar-refractivity contribution in [1.82, 2.24) is 9.80 Å². The summed E-state index contributed by atoms with van der Waals surface area (Å²) in [6.45, 7) is 3.78. The first kappa shape index (κ1) is 16.5. The summed E-state index contributed by atoms with van der Waals surface area (Å²) in [5, 5.41) is 0. The lowest BCUT2D eigenvalue weighted by molar-refractivity contribution is -0.883. The van der Waals surface area contributed by atoms with E-state index in [4.69, 9.17) is 4.74 Å². The van der Waals surface area contributed by atoms with Crippen molar-refractivity contribution in [1.29, 1.82) is 0 Å². The van der Waals surface area contributed by atoms with Gasteiger partial charge in [0.2, 0.25) is 5.91 Å². The molecule has 0 spiro atoms. The van der Waals surface area contributed by atoms with Gasteiger partial charge in [0.15, 0.2) is 0 Å². The molecule has 24 heavy (non-hydrogen) atoms. The van der Waals surface area contributed by atoms with E-state index in [9.17, 15) is 9.59 Å². The highest BCUT2D eigenvalue weighted by Crippen LogP contribution is 2.26. The number of amides is 2. The lowest BCUT2D eigenvalue weighted by Crippen LogP contribution is -3.12. The van der Waals surface area contributed by atoms with Gasteiger partial charge >= 0.3 is 0 Å². The number of hydrogen-bond donors (Lipinski definition) is 1. The van der Waals surface area contributed by atoms with Gasteiger partial charge in [0, 0.05) is 12.6 Å². The zero-order chi connectivity index (χ0) is 17.1. The second kappa shape index (κ2) is 7.05. The molecule has 0 saturated carbocycles. The van der Waals surface area contributed by atoms with Crippen LogP contribution in [0.4, 0.5) is 0 Å². The van der Waals surface area contributed by atoms with Crippen LogP contribution in [0.25, 0.3) is 6.08 Å². The molecule has 0 atom stereocenters. The third-order valence-corrected chi connectivity index (χ3v) is 4.60. The largest absolute Gasteiger partial charge is 0.488 e. The number of fused-ring (bicyclic) bond motifs is 1. The molecular formula is C18H24N3O3+. The molecule has 2 heterocycles. The lowest BCUT2D eigenvalue weighted by atomic mass is 10.1. The molecule has 1 saturated heterocycles. The number of piperazine rings is 1. The maximum Gasteiger partial charge on any atom is 0.253 e. The molecule has 2 amide bonds. The number of carbonyl (C=O) groups is 2. The number of carbonyl (C=O) groups excluding carboxylic acids is 2. The number of hydrogen-bond acceptors (Lipinski definition) is 3. The van der Waals surface area contributed by atoms with Gasteiger partial charge < -0.3 is 19.4 Å². The summed E-state index contributed by atoms with van der Waals surface area (Å²) in [5.74, 6) is 0.640. The first-order valence-electron chi connectivity index (χ1n) is 8.31. The average molecular weight is 330 g/mol. The van der Waals surface area contributed by atoms with Crippen molar-refractivity contribution in [2.24, 2.45) is 0 Å². The summed E-state index contributed by atoms with van der Waals surface area (Å²) in [4.78, 5) is 29.7. The second-order valence-electron chi connectivity index (χ2n) is 6.50. The van der Waals surface area contributed by atoms with E-state index < -0.39 is 0 Å². The maximum atomic E-state index is 12.6. The van der Waals surface area contributed by atoms with Gasteiger partial charge in [0.05, 0.1) is 45.3 Å². The molecule has 0 aliphatic carbocycles. The zero-order valence-electron chi connectivity index (χ0n) is 14.2. The van der Waals surface area contributed by atoms with Gasteiger partial charge in [0.25, 0.3) is 5.91 Å². The van der Waals surface area contributed by atoms with E-state index in [1.54, 1.807) is 7.05 Å². The van der Waals surface area contributed by atoms with Gasteiger partial charge in [-0.1, -0.05) is 18.2 Å². The maximum absolute atomic E-state index is 12.6. The first-order valence-corrected chi connectivity index (χ1v) is 8.31. The molecule has 6 heteroatoms. The number of ether oxygens (including phenoxy) is 1. The zero-order valence-corrected chi connectivity index (χ0v) is 14.2. The van der Waals surface area contributed by atoms with Crippen LogP contribution in [0.1, 0.15) is 5.56 Å². The number of likely N-dealkylation sites (N-methyl/N-ethyl adjacent to an activating group) is 2. The van der Waals surface area contributed by atoms with E-state index in [1.165, 1.54) is 9.80 Å². The normalized spacial score (nSPS) is 17.6. The highest BCUT2D eigenvalue weighted by atomic mass is 16.5. The molecule has 0 unspecified atom stereocenters. The molecule has 0 radical (unpaired) electrons. The summed E-state index contributed by atoms with van der Waals surface area (Å²) < 4.78 is 5.63. The van der Waals surface area contributed by atoms with Crippen LogP contribution >= 0.6 is 0 Å². The number of nitrogens with one attached hydrogen (secondary N) is 1. The highest BCUT2D eigenvalue weighted by Gasteiger charge is 2.25. The minimum atomic E-state index is -0.155. The molecule has 1 fully saturated rings. The van der Waals surface area contributed by atoms with Crippen LogP contribution in [-0.2, 0) is 9.59 Å². The minimum Gasteiger partial charge on any atom is -0.488 e. The number of para-hydroxylation sites is 1.